The Balaban J connectivity index is 1.99. The molecule has 4 nitrogen and oxygen atoms in total. The van der Waals surface area contributed by atoms with Crippen molar-refractivity contribution in [3.05, 3.63) is 100 Å². The summed E-state index contributed by atoms with van der Waals surface area (Å²) < 4.78 is 10.4. The molecule has 0 amide bonds. The molecule has 0 atom stereocenters. The van der Waals surface area contributed by atoms with E-state index in [0.29, 0.717) is 17.7 Å². The van der Waals surface area contributed by atoms with E-state index in [9.17, 15) is 4.79 Å². The van der Waals surface area contributed by atoms with Gasteiger partial charge in [0.1, 0.15) is 5.75 Å². The molecule has 0 fully saturated rings. The number of nitriles is 1. The van der Waals surface area contributed by atoms with Gasteiger partial charge in [0.05, 0.1) is 30.9 Å². The highest BCUT2D eigenvalue weighted by Gasteiger charge is 2.11. The van der Waals surface area contributed by atoms with Gasteiger partial charge in [0, 0.05) is 4.90 Å². The van der Waals surface area contributed by atoms with Crippen molar-refractivity contribution in [3.8, 4) is 11.8 Å². The zero-order chi connectivity index (χ0) is 21.3. The number of hydrogen-bond acceptors (Lipinski definition) is 5. The molecule has 0 aliphatic rings. The van der Waals surface area contributed by atoms with Crippen molar-refractivity contribution < 1.29 is 14.3 Å². The Hall–Kier alpha value is -3.49. The van der Waals surface area contributed by atoms with Gasteiger partial charge in [-0.1, -0.05) is 36.0 Å². The minimum atomic E-state index is -0.346. The standard InChI is InChI=1S/C25H21NO3S/c1-3-29-25(27)21-6-4-5-20(15-21)24(19-9-7-18(16-26)8-10-19)17-30-23-13-11-22(28-2)12-14-23/h4-15,17H,3H2,1-2H3. The third kappa shape index (κ3) is 5.31. The molecule has 5 heteroatoms. The van der Waals surface area contributed by atoms with Crippen molar-refractivity contribution in [2.75, 3.05) is 13.7 Å². The molecule has 0 saturated carbocycles. The number of nitrogens with zero attached hydrogens (tertiary/aromatic N) is 1. The number of ether oxygens (including phenoxy) is 2. The van der Waals surface area contributed by atoms with Crippen LogP contribution in [-0.4, -0.2) is 19.7 Å². The number of carbonyl (C=O) groups is 1. The predicted octanol–water partition coefficient (Wildman–Crippen LogP) is 5.93. The van der Waals surface area contributed by atoms with Crippen LogP contribution in [0.5, 0.6) is 5.75 Å². The van der Waals surface area contributed by atoms with Gasteiger partial charge in [0.2, 0.25) is 0 Å². The van der Waals surface area contributed by atoms with Crippen LogP contribution in [-0.2, 0) is 4.74 Å². The maximum absolute atomic E-state index is 12.2. The highest BCUT2D eigenvalue weighted by Crippen LogP contribution is 2.31. The molecule has 0 unspecified atom stereocenters. The summed E-state index contributed by atoms with van der Waals surface area (Å²) in [5.74, 6) is 0.458. The number of benzene rings is 3. The van der Waals surface area contributed by atoms with E-state index < -0.39 is 0 Å². The van der Waals surface area contributed by atoms with E-state index >= 15 is 0 Å². The SMILES string of the molecule is CCOC(=O)c1cccc(C(=CSc2ccc(OC)cc2)c2ccc(C#N)cc2)c1. The molecule has 0 bridgehead atoms. The highest BCUT2D eigenvalue weighted by molar-refractivity contribution is 8.02. The number of hydrogen-bond donors (Lipinski definition) is 0. The molecule has 30 heavy (non-hydrogen) atoms. The molecule has 3 aromatic carbocycles. The fourth-order valence-corrected chi connectivity index (χ4v) is 3.66. The van der Waals surface area contributed by atoms with E-state index in [1.54, 1.807) is 44.0 Å². The summed E-state index contributed by atoms with van der Waals surface area (Å²) in [6.07, 6.45) is 0. The van der Waals surface area contributed by atoms with Crippen molar-refractivity contribution in [3.63, 3.8) is 0 Å². The zero-order valence-electron chi connectivity index (χ0n) is 16.8. The van der Waals surface area contributed by atoms with Crippen LogP contribution in [0, 0.1) is 11.3 Å². The number of carbonyl (C=O) groups excluding carboxylic acids is 1. The van der Waals surface area contributed by atoms with Crippen LogP contribution < -0.4 is 4.74 Å². The van der Waals surface area contributed by atoms with Crippen molar-refractivity contribution in [1.82, 2.24) is 0 Å². The largest absolute Gasteiger partial charge is 0.497 e. The van der Waals surface area contributed by atoms with Gasteiger partial charge in [0.15, 0.2) is 0 Å². The molecule has 0 aliphatic heterocycles. The first-order valence-electron chi connectivity index (χ1n) is 9.43. The maximum Gasteiger partial charge on any atom is 0.338 e. The summed E-state index contributed by atoms with van der Waals surface area (Å²) in [5, 5.41) is 11.1. The number of methoxy groups -OCH3 is 1. The molecule has 0 heterocycles. The molecule has 0 saturated heterocycles. The van der Waals surface area contributed by atoms with E-state index in [4.69, 9.17) is 14.7 Å². The number of esters is 1. The lowest BCUT2D eigenvalue weighted by atomic mass is 9.97. The summed E-state index contributed by atoms with van der Waals surface area (Å²) in [6, 6.07) is 24.7. The first-order chi connectivity index (χ1) is 14.6. The van der Waals surface area contributed by atoms with E-state index in [2.05, 4.69) is 6.07 Å². The average Bonchev–Trinajstić information content (AvgIpc) is 2.80. The topological polar surface area (TPSA) is 59.3 Å². The normalized spacial score (nSPS) is 10.9. The Bertz CT molecular complexity index is 1080. The first-order valence-corrected chi connectivity index (χ1v) is 10.3. The predicted molar refractivity (Wildman–Crippen MR) is 119 cm³/mol. The van der Waals surface area contributed by atoms with E-state index in [1.165, 1.54) is 0 Å². The van der Waals surface area contributed by atoms with Crippen LogP contribution in [0.25, 0.3) is 5.57 Å². The third-order valence-electron chi connectivity index (χ3n) is 4.38. The molecular formula is C25H21NO3S. The molecule has 3 aromatic rings. The fraction of sp³-hybridized carbons (Fsp3) is 0.120. The average molecular weight is 416 g/mol. The Labute approximate surface area is 180 Å². The summed E-state index contributed by atoms with van der Waals surface area (Å²) in [4.78, 5) is 13.2. The monoisotopic (exact) mass is 415 g/mol. The third-order valence-corrected chi connectivity index (χ3v) is 5.28. The fourth-order valence-electron chi connectivity index (χ4n) is 2.84. The lowest BCUT2D eigenvalue weighted by molar-refractivity contribution is 0.0526. The minimum Gasteiger partial charge on any atom is -0.497 e. The van der Waals surface area contributed by atoms with E-state index in [0.717, 1.165) is 27.3 Å². The molecule has 0 radical (unpaired) electrons. The molecule has 0 spiro atoms. The van der Waals surface area contributed by atoms with Crippen LogP contribution in [0.4, 0.5) is 0 Å². The van der Waals surface area contributed by atoms with Crippen LogP contribution >= 0.6 is 11.8 Å². The Morgan fingerprint density at radius 2 is 1.70 bits per heavy atom. The Kier molecular flexibility index (Phi) is 7.31. The second kappa shape index (κ2) is 10.3. The van der Waals surface area contributed by atoms with Crippen LogP contribution in [0.2, 0.25) is 0 Å². The van der Waals surface area contributed by atoms with Gasteiger partial charge in [-0.25, -0.2) is 4.79 Å². The van der Waals surface area contributed by atoms with Gasteiger partial charge in [-0.15, -0.1) is 0 Å². The molecule has 0 aliphatic carbocycles. The Morgan fingerprint density at radius 1 is 1.00 bits per heavy atom. The van der Waals surface area contributed by atoms with Crippen molar-refractivity contribution >= 4 is 23.3 Å². The zero-order valence-corrected chi connectivity index (χ0v) is 17.6. The van der Waals surface area contributed by atoms with Crippen molar-refractivity contribution in [2.45, 2.75) is 11.8 Å². The van der Waals surface area contributed by atoms with Gasteiger partial charge in [-0.05, 0) is 77.6 Å². The van der Waals surface area contributed by atoms with Gasteiger partial charge in [0.25, 0.3) is 0 Å². The smallest absolute Gasteiger partial charge is 0.338 e. The van der Waals surface area contributed by atoms with Crippen LogP contribution in [0.3, 0.4) is 0 Å². The molecular weight excluding hydrogens is 394 g/mol. The van der Waals surface area contributed by atoms with Gasteiger partial charge in [-0.2, -0.15) is 5.26 Å². The molecule has 3 rings (SSSR count). The van der Waals surface area contributed by atoms with E-state index in [-0.39, 0.29) is 5.97 Å². The van der Waals surface area contributed by atoms with Crippen LogP contribution in [0.1, 0.15) is 34.0 Å². The van der Waals surface area contributed by atoms with Gasteiger partial charge < -0.3 is 9.47 Å². The minimum absolute atomic E-state index is 0.328. The summed E-state index contributed by atoms with van der Waals surface area (Å²) in [6.45, 7) is 2.12. The van der Waals surface area contributed by atoms with Gasteiger partial charge in [-0.3, -0.25) is 0 Å². The number of thioether (sulfide) groups is 1. The van der Waals surface area contributed by atoms with Gasteiger partial charge >= 0.3 is 5.97 Å². The highest BCUT2D eigenvalue weighted by atomic mass is 32.2. The quantitative estimate of drug-likeness (QED) is 0.354. The van der Waals surface area contributed by atoms with Crippen LogP contribution in [0.15, 0.2) is 83.1 Å². The number of rotatable bonds is 7. The molecule has 150 valence electrons. The van der Waals surface area contributed by atoms with Crippen molar-refractivity contribution in [1.29, 1.82) is 5.26 Å². The second-order valence-electron chi connectivity index (χ2n) is 6.32. The Morgan fingerprint density at radius 3 is 2.33 bits per heavy atom. The summed E-state index contributed by atoms with van der Waals surface area (Å²) in [5.41, 5.74) is 3.90. The summed E-state index contributed by atoms with van der Waals surface area (Å²) >= 11 is 1.57. The maximum atomic E-state index is 12.2. The lowest BCUT2D eigenvalue weighted by Gasteiger charge is -2.11. The summed E-state index contributed by atoms with van der Waals surface area (Å²) in [7, 11) is 1.64. The molecule has 0 N–H and O–H groups in total. The lowest BCUT2D eigenvalue weighted by Crippen LogP contribution is -2.05. The van der Waals surface area contributed by atoms with E-state index in [1.807, 2.05) is 60.0 Å². The second-order valence-corrected chi connectivity index (χ2v) is 7.26. The first kappa shape index (κ1) is 21.2. The molecule has 0 aromatic heterocycles. The van der Waals surface area contributed by atoms with Crippen molar-refractivity contribution in [2.24, 2.45) is 0 Å².